The van der Waals surface area contributed by atoms with Gasteiger partial charge in [0.2, 0.25) is 31.0 Å². The van der Waals surface area contributed by atoms with Crippen molar-refractivity contribution in [3.05, 3.63) is 106 Å². The quantitative estimate of drug-likeness (QED) is 0.0449. The number of likely N-dealkylation sites (tertiary alicyclic amines) is 2. The second kappa shape index (κ2) is 34.7. The zero-order chi connectivity index (χ0) is 55.2. The highest BCUT2D eigenvalue weighted by molar-refractivity contribution is 6.09. The van der Waals surface area contributed by atoms with E-state index >= 15 is 0 Å². The summed E-state index contributed by atoms with van der Waals surface area (Å²) in [5, 5.41) is 14.1. The van der Waals surface area contributed by atoms with Gasteiger partial charge in [-0.25, -0.2) is 8.78 Å². The van der Waals surface area contributed by atoms with Crippen LogP contribution >= 0.6 is 0 Å². The number of carbonyl (C=O) groups is 6. The van der Waals surface area contributed by atoms with Gasteiger partial charge in [0, 0.05) is 94.1 Å². The minimum Gasteiger partial charge on any atom is -0.375 e. The van der Waals surface area contributed by atoms with Gasteiger partial charge in [-0.1, -0.05) is 94.3 Å². The van der Waals surface area contributed by atoms with E-state index in [2.05, 4.69) is 40.1 Å². The molecule has 16 nitrogen and oxygen atoms in total. The maximum atomic E-state index is 13.9. The van der Waals surface area contributed by atoms with Crippen molar-refractivity contribution in [2.45, 2.75) is 128 Å². The number of carbonyl (C=O) groups excluding carboxylic acids is 6. The molecule has 3 aromatic rings. The molecule has 3 aliphatic heterocycles. The summed E-state index contributed by atoms with van der Waals surface area (Å²) in [5.74, 6) is -0.0714. The lowest BCUT2D eigenvalue weighted by molar-refractivity contribution is -0.134. The SMILES string of the molecule is CCN1CCC(OC(CCCC2CCCCC2)CCNC=O)CC1.CN1CCN(C=O)CC1.Cc1cccc(C2CN(C(=O)CNC3CC3)C2)c1F.N=C(Cc1ccc(F)c(C=O)c1)c1ccccc1C(N)=O.NC=O. The number of piperazine rings is 1. The number of aldehydes is 1. The fraction of sp³-hybridized carbons (Fsp3) is 0.569. The molecule has 3 aromatic carbocycles. The van der Waals surface area contributed by atoms with Crippen molar-refractivity contribution in [2.24, 2.45) is 17.4 Å². The average Bonchev–Trinajstić information content (AvgIpc) is 4.26. The number of hydrogen-bond acceptors (Lipinski definition) is 11. The summed E-state index contributed by atoms with van der Waals surface area (Å²) >= 11 is 0. The van der Waals surface area contributed by atoms with Crippen LogP contribution in [0.4, 0.5) is 8.78 Å². The summed E-state index contributed by atoms with van der Waals surface area (Å²) in [4.78, 5) is 71.5. The number of primary amides is 2. The molecule has 1 unspecified atom stereocenters. The first-order valence-electron chi connectivity index (χ1n) is 27.3. The highest BCUT2D eigenvalue weighted by atomic mass is 19.1. The first-order valence-corrected chi connectivity index (χ1v) is 27.3. The normalized spacial score (nSPS) is 17.5. The number of aryl methyl sites for hydroxylation is 1. The van der Waals surface area contributed by atoms with E-state index in [1.165, 1.54) is 89.1 Å². The van der Waals surface area contributed by atoms with Crippen LogP contribution in [0.25, 0.3) is 0 Å². The number of nitrogens with zero attached hydrogens (tertiary/aromatic N) is 4. The standard InChI is InChI=1S/C20H38N2O2.C16H13FN2O2.C15H19FN2O.C6H12N2O.CH3NO/c1-2-22-15-12-20(13-16-22)24-19(11-14-21-17-23)10-6-9-18-7-4-3-5-8-18;17-14-6-5-10(7-11(14)9-20)8-15(18)12-3-1-2-4-13(12)16(19)21;1-10-3-2-4-13(15(10)16)11-8-18(9-11)14(19)7-17-12-5-6-12;1-7-2-4-8(6-9)5-3-7;2-1-3/h17-20H,2-16H2,1H3,(H,21,23);1-7,9,18H,8H2,(H2,19,21);2-4,11-12,17H,5-9H2,1H3;6H,2-5H2,1H3;1H,(H2,2,3). The van der Waals surface area contributed by atoms with Crippen LogP contribution in [0.2, 0.25) is 0 Å². The summed E-state index contributed by atoms with van der Waals surface area (Å²) in [6.07, 6.45) is 20.0. The molecule has 5 aliphatic rings. The van der Waals surface area contributed by atoms with Crippen molar-refractivity contribution < 1.29 is 42.3 Å². The molecule has 18 heteroatoms. The van der Waals surface area contributed by atoms with E-state index in [0.717, 1.165) is 89.3 Å². The van der Waals surface area contributed by atoms with Gasteiger partial charge in [0.15, 0.2) is 6.29 Å². The number of nitrogens with two attached hydrogens (primary N) is 2. The van der Waals surface area contributed by atoms with Crippen LogP contribution in [0.5, 0.6) is 0 Å². The number of ether oxygens (including phenoxy) is 1. The lowest BCUT2D eigenvalue weighted by Gasteiger charge is -2.40. The molecule has 2 aliphatic carbocycles. The van der Waals surface area contributed by atoms with Gasteiger partial charge < -0.3 is 51.8 Å². The number of amides is 5. The average molecular weight is 1060 g/mol. The topological polar surface area (TPSA) is 225 Å². The smallest absolute Gasteiger partial charge is 0.249 e. The molecule has 5 amide bonds. The lowest BCUT2D eigenvalue weighted by Crippen LogP contribution is -2.51. The van der Waals surface area contributed by atoms with Gasteiger partial charge in [-0.3, -0.25) is 28.8 Å². The van der Waals surface area contributed by atoms with E-state index in [1.54, 1.807) is 42.2 Å². The maximum absolute atomic E-state index is 13.9. The number of halogens is 2. The molecule has 0 bridgehead atoms. The Bertz CT molecular complexity index is 2260. The summed E-state index contributed by atoms with van der Waals surface area (Å²) < 4.78 is 33.6. The van der Waals surface area contributed by atoms with Crippen LogP contribution in [0.3, 0.4) is 0 Å². The van der Waals surface area contributed by atoms with E-state index in [4.69, 9.17) is 20.7 Å². The van der Waals surface area contributed by atoms with Crippen LogP contribution in [0.15, 0.2) is 60.7 Å². The Morgan fingerprint density at radius 3 is 2.13 bits per heavy atom. The zero-order valence-corrected chi connectivity index (χ0v) is 45.2. The highest BCUT2D eigenvalue weighted by Crippen LogP contribution is 2.31. The lowest BCUT2D eigenvalue weighted by atomic mass is 9.85. The Morgan fingerprint density at radius 1 is 0.855 bits per heavy atom. The molecule has 76 heavy (non-hydrogen) atoms. The van der Waals surface area contributed by atoms with Crippen molar-refractivity contribution in [1.82, 2.24) is 30.2 Å². The van der Waals surface area contributed by atoms with Crippen molar-refractivity contribution >= 4 is 43.0 Å². The third-order valence-electron chi connectivity index (χ3n) is 14.7. The Kier molecular flexibility index (Phi) is 28.5. The largest absolute Gasteiger partial charge is 0.375 e. The molecule has 1 atom stereocenters. The van der Waals surface area contributed by atoms with Crippen molar-refractivity contribution in [3.8, 4) is 0 Å². The molecular weight excluding hydrogens is 973 g/mol. The summed E-state index contributed by atoms with van der Waals surface area (Å²) in [7, 11) is 2.07. The first kappa shape index (κ1) is 62.6. The fourth-order valence-electron chi connectivity index (χ4n) is 9.80. The third kappa shape index (κ3) is 22.3. The van der Waals surface area contributed by atoms with Crippen LogP contribution in [0, 0.1) is 29.9 Å². The molecular formula is C58H85F2N9O7. The Balaban J connectivity index is 0.000000223. The molecule has 7 N–H and O–H groups in total. The van der Waals surface area contributed by atoms with Gasteiger partial charge in [-0.15, -0.1) is 0 Å². The molecule has 3 saturated heterocycles. The van der Waals surface area contributed by atoms with E-state index < -0.39 is 11.7 Å². The van der Waals surface area contributed by atoms with Gasteiger partial charge in [0.25, 0.3) is 0 Å². The van der Waals surface area contributed by atoms with Gasteiger partial charge in [0.1, 0.15) is 11.6 Å². The van der Waals surface area contributed by atoms with Gasteiger partial charge in [-0.2, -0.15) is 0 Å². The molecule has 0 radical (unpaired) electrons. The Hall–Kier alpha value is -5.95. The third-order valence-corrected chi connectivity index (χ3v) is 14.7. The van der Waals surface area contributed by atoms with E-state index in [9.17, 15) is 32.8 Å². The summed E-state index contributed by atoms with van der Waals surface area (Å²) in [6, 6.07) is 16.7. The fourth-order valence-corrected chi connectivity index (χ4v) is 9.80. The van der Waals surface area contributed by atoms with Crippen LogP contribution < -0.4 is 22.1 Å². The molecule has 418 valence electrons. The van der Waals surface area contributed by atoms with Crippen LogP contribution in [-0.2, 0) is 30.3 Å². The molecule has 0 spiro atoms. The predicted molar refractivity (Wildman–Crippen MR) is 293 cm³/mol. The number of benzene rings is 3. The summed E-state index contributed by atoms with van der Waals surface area (Å²) in [6.45, 7) is 13.8. The van der Waals surface area contributed by atoms with Crippen LogP contribution in [-0.4, -0.2) is 160 Å². The monoisotopic (exact) mass is 1060 g/mol. The first-order chi connectivity index (χ1) is 36.7. The second-order valence-corrected chi connectivity index (χ2v) is 20.4. The Morgan fingerprint density at radius 2 is 1.53 bits per heavy atom. The van der Waals surface area contributed by atoms with E-state index in [-0.39, 0.29) is 47.3 Å². The minimum atomic E-state index is -0.608. The number of hydrogen-bond donors (Lipinski definition) is 5. The van der Waals surface area contributed by atoms with Crippen molar-refractivity contribution in [3.63, 3.8) is 0 Å². The zero-order valence-electron chi connectivity index (χ0n) is 45.2. The number of likely N-dealkylation sites (N-methyl/N-ethyl adjacent to an activating group) is 1. The number of piperidine rings is 1. The van der Waals surface area contributed by atoms with Crippen molar-refractivity contribution in [1.29, 1.82) is 5.41 Å². The van der Waals surface area contributed by atoms with Gasteiger partial charge in [0.05, 0.1) is 24.3 Å². The van der Waals surface area contributed by atoms with Crippen molar-refractivity contribution in [2.75, 3.05) is 79.0 Å². The number of nitrogens with one attached hydrogen (secondary N) is 3. The van der Waals surface area contributed by atoms with E-state index in [1.807, 2.05) is 17.0 Å². The predicted octanol–water partition coefficient (Wildman–Crippen LogP) is 6.39. The van der Waals surface area contributed by atoms with Crippen LogP contribution in [0.1, 0.15) is 139 Å². The molecule has 5 fully saturated rings. The second-order valence-electron chi connectivity index (χ2n) is 20.4. The maximum Gasteiger partial charge on any atom is 0.249 e. The van der Waals surface area contributed by atoms with Gasteiger partial charge >= 0.3 is 0 Å². The molecule has 2 saturated carbocycles. The van der Waals surface area contributed by atoms with E-state index in [0.29, 0.717) is 60.9 Å². The van der Waals surface area contributed by atoms with Gasteiger partial charge in [-0.05, 0) is 99.8 Å². The molecule has 8 rings (SSSR count). The minimum absolute atomic E-state index is 0.0523. The Labute approximate surface area is 449 Å². The molecule has 0 aromatic heterocycles. The summed E-state index contributed by atoms with van der Waals surface area (Å²) in [5.41, 5.74) is 12.3. The highest BCUT2D eigenvalue weighted by Gasteiger charge is 2.34. The number of rotatable bonds is 21. The molecule has 3 heterocycles.